The highest BCUT2D eigenvalue weighted by Crippen LogP contribution is 2.42. The van der Waals surface area contributed by atoms with E-state index in [1.54, 1.807) is 32.0 Å². The number of carbonyl (C=O) groups excluding carboxylic acids is 1. The molecule has 1 heterocycles. The SMILES string of the molecule is C#CCOc1cc(C2C(C#N)=C(N)OC(C)=C2C(=O)OCC)ccc1OC. The number of terminal acetylenes is 1. The Balaban J connectivity index is 2.62. The summed E-state index contributed by atoms with van der Waals surface area (Å²) in [6.07, 6.45) is 5.26. The van der Waals surface area contributed by atoms with Gasteiger partial charge >= 0.3 is 5.97 Å². The van der Waals surface area contributed by atoms with Crippen LogP contribution < -0.4 is 15.2 Å². The second-order valence-electron chi connectivity index (χ2n) is 5.52. The van der Waals surface area contributed by atoms with Crippen LogP contribution in [0.2, 0.25) is 0 Å². The van der Waals surface area contributed by atoms with Crippen LogP contribution in [0.5, 0.6) is 11.5 Å². The van der Waals surface area contributed by atoms with Gasteiger partial charge in [0.1, 0.15) is 24.0 Å². The van der Waals surface area contributed by atoms with E-state index in [1.807, 2.05) is 6.07 Å². The predicted octanol–water partition coefficient (Wildman–Crippen LogP) is 2.35. The second kappa shape index (κ2) is 8.68. The molecule has 140 valence electrons. The van der Waals surface area contributed by atoms with Crippen molar-refractivity contribution in [3.63, 3.8) is 0 Å². The van der Waals surface area contributed by atoms with Gasteiger partial charge in [-0.2, -0.15) is 5.26 Å². The number of methoxy groups -OCH3 is 1. The van der Waals surface area contributed by atoms with E-state index in [1.165, 1.54) is 7.11 Å². The number of ether oxygens (including phenoxy) is 4. The van der Waals surface area contributed by atoms with Gasteiger partial charge in [0.2, 0.25) is 5.88 Å². The first-order chi connectivity index (χ1) is 13.0. The first kappa shape index (κ1) is 19.7. The smallest absolute Gasteiger partial charge is 0.338 e. The number of hydrogen-bond donors (Lipinski definition) is 1. The van der Waals surface area contributed by atoms with Gasteiger partial charge in [-0.1, -0.05) is 12.0 Å². The Morgan fingerprint density at radius 3 is 2.74 bits per heavy atom. The molecule has 1 unspecified atom stereocenters. The van der Waals surface area contributed by atoms with E-state index >= 15 is 0 Å². The van der Waals surface area contributed by atoms with Gasteiger partial charge in [-0.15, -0.1) is 6.42 Å². The Labute approximate surface area is 158 Å². The molecule has 1 aliphatic heterocycles. The minimum atomic E-state index is -0.762. The molecule has 1 aromatic rings. The molecule has 1 aromatic carbocycles. The van der Waals surface area contributed by atoms with Gasteiger partial charge in [-0.25, -0.2) is 4.79 Å². The molecule has 0 amide bonds. The Kier molecular flexibility index (Phi) is 6.35. The maximum atomic E-state index is 12.5. The summed E-state index contributed by atoms with van der Waals surface area (Å²) in [7, 11) is 1.50. The third-order valence-electron chi connectivity index (χ3n) is 3.93. The summed E-state index contributed by atoms with van der Waals surface area (Å²) in [6, 6.07) is 7.06. The Hall–Kier alpha value is -3.58. The number of benzene rings is 1. The summed E-state index contributed by atoms with van der Waals surface area (Å²) >= 11 is 0. The summed E-state index contributed by atoms with van der Waals surface area (Å²) in [5, 5.41) is 9.60. The van der Waals surface area contributed by atoms with Gasteiger partial charge in [0.05, 0.1) is 25.2 Å². The lowest BCUT2D eigenvalue weighted by atomic mass is 9.83. The highest BCUT2D eigenvalue weighted by atomic mass is 16.5. The number of hydrogen-bond acceptors (Lipinski definition) is 7. The van der Waals surface area contributed by atoms with Crippen LogP contribution in [0.1, 0.15) is 25.3 Å². The molecule has 0 aliphatic carbocycles. The minimum absolute atomic E-state index is 0.0380. The number of esters is 1. The summed E-state index contributed by atoms with van der Waals surface area (Å²) in [6.45, 7) is 3.51. The van der Waals surface area contributed by atoms with E-state index in [-0.39, 0.29) is 36.0 Å². The number of nitriles is 1. The van der Waals surface area contributed by atoms with Gasteiger partial charge in [0.25, 0.3) is 0 Å². The van der Waals surface area contributed by atoms with E-state index in [0.29, 0.717) is 17.1 Å². The van der Waals surface area contributed by atoms with E-state index in [2.05, 4.69) is 5.92 Å². The maximum Gasteiger partial charge on any atom is 0.338 e. The quantitative estimate of drug-likeness (QED) is 0.607. The fourth-order valence-corrected chi connectivity index (χ4v) is 2.79. The Morgan fingerprint density at radius 2 is 2.15 bits per heavy atom. The van der Waals surface area contributed by atoms with Gasteiger partial charge < -0.3 is 24.7 Å². The monoisotopic (exact) mass is 368 g/mol. The van der Waals surface area contributed by atoms with Crippen molar-refractivity contribution >= 4 is 5.97 Å². The van der Waals surface area contributed by atoms with Crippen LogP contribution >= 0.6 is 0 Å². The van der Waals surface area contributed by atoms with Crippen LogP contribution in [-0.2, 0) is 14.3 Å². The topological polar surface area (TPSA) is 104 Å². The highest BCUT2D eigenvalue weighted by molar-refractivity contribution is 5.92. The molecule has 7 nitrogen and oxygen atoms in total. The third kappa shape index (κ3) is 3.99. The minimum Gasteiger partial charge on any atom is -0.493 e. The molecule has 0 saturated heterocycles. The molecule has 0 fully saturated rings. The first-order valence-corrected chi connectivity index (χ1v) is 8.18. The van der Waals surface area contributed by atoms with Gasteiger partial charge in [0, 0.05) is 0 Å². The first-order valence-electron chi connectivity index (χ1n) is 8.18. The maximum absolute atomic E-state index is 12.5. The summed E-state index contributed by atoms with van der Waals surface area (Å²) in [5.41, 5.74) is 6.79. The van der Waals surface area contributed by atoms with E-state index in [4.69, 9.17) is 31.1 Å². The van der Waals surface area contributed by atoms with E-state index in [9.17, 15) is 10.1 Å². The molecular weight excluding hydrogens is 348 g/mol. The molecule has 1 aliphatic rings. The lowest BCUT2D eigenvalue weighted by Crippen LogP contribution is -2.25. The molecule has 2 rings (SSSR count). The molecule has 0 radical (unpaired) electrons. The van der Waals surface area contributed by atoms with Crippen molar-refractivity contribution in [3.8, 4) is 29.9 Å². The van der Waals surface area contributed by atoms with Crippen molar-refractivity contribution in [1.82, 2.24) is 0 Å². The molecule has 7 heteroatoms. The molecule has 27 heavy (non-hydrogen) atoms. The normalized spacial score (nSPS) is 16.1. The molecule has 0 bridgehead atoms. The Bertz CT molecular complexity index is 887. The second-order valence-corrected chi connectivity index (χ2v) is 5.52. The molecule has 0 aromatic heterocycles. The van der Waals surface area contributed by atoms with Crippen LogP contribution in [0.4, 0.5) is 0 Å². The van der Waals surface area contributed by atoms with E-state index in [0.717, 1.165) is 0 Å². The predicted molar refractivity (Wildman–Crippen MR) is 97.3 cm³/mol. The van der Waals surface area contributed by atoms with Crippen molar-refractivity contribution in [3.05, 3.63) is 46.6 Å². The molecule has 2 N–H and O–H groups in total. The number of rotatable bonds is 6. The Morgan fingerprint density at radius 1 is 1.41 bits per heavy atom. The van der Waals surface area contributed by atoms with Gasteiger partial charge in [-0.05, 0) is 31.5 Å². The van der Waals surface area contributed by atoms with Crippen molar-refractivity contribution in [2.24, 2.45) is 5.73 Å². The number of carbonyl (C=O) groups is 1. The van der Waals surface area contributed by atoms with Crippen molar-refractivity contribution in [2.75, 3.05) is 20.3 Å². The zero-order valence-corrected chi connectivity index (χ0v) is 15.4. The van der Waals surface area contributed by atoms with Crippen molar-refractivity contribution in [2.45, 2.75) is 19.8 Å². The molecular formula is C20H20N2O5. The standard InChI is InChI=1S/C20H20N2O5/c1-5-9-26-16-10-13(7-8-15(16)24-4)18-14(11-21)19(22)27-12(3)17(18)20(23)25-6-2/h1,7-8,10,18H,6,9,22H2,2-4H3. The molecule has 0 saturated carbocycles. The molecule has 0 spiro atoms. The number of nitrogens with two attached hydrogens (primary N) is 1. The zero-order chi connectivity index (χ0) is 20.0. The van der Waals surface area contributed by atoms with Crippen LogP contribution in [0.15, 0.2) is 41.0 Å². The van der Waals surface area contributed by atoms with Crippen LogP contribution in [0.3, 0.4) is 0 Å². The fraction of sp³-hybridized carbons (Fsp3) is 0.300. The average Bonchev–Trinajstić information content (AvgIpc) is 2.65. The van der Waals surface area contributed by atoms with Gasteiger partial charge in [-0.3, -0.25) is 0 Å². The largest absolute Gasteiger partial charge is 0.493 e. The highest BCUT2D eigenvalue weighted by Gasteiger charge is 2.36. The van der Waals surface area contributed by atoms with Crippen LogP contribution in [0, 0.1) is 23.7 Å². The number of allylic oxidation sites excluding steroid dienone is 2. The molecule has 1 atom stereocenters. The van der Waals surface area contributed by atoms with Crippen LogP contribution in [0.25, 0.3) is 0 Å². The summed E-state index contributed by atoms with van der Waals surface area (Å²) in [4.78, 5) is 12.5. The zero-order valence-electron chi connectivity index (χ0n) is 15.4. The lowest BCUT2D eigenvalue weighted by molar-refractivity contribution is -0.139. The summed E-state index contributed by atoms with van der Waals surface area (Å²) in [5.74, 6) is 2.11. The van der Waals surface area contributed by atoms with E-state index < -0.39 is 11.9 Å². The van der Waals surface area contributed by atoms with Crippen LogP contribution in [-0.4, -0.2) is 26.3 Å². The van der Waals surface area contributed by atoms with Crippen molar-refractivity contribution in [1.29, 1.82) is 5.26 Å². The number of nitrogens with zero attached hydrogens (tertiary/aromatic N) is 1. The third-order valence-corrected chi connectivity index (χ3v) is 3.93. The van der Waals surface area contributed by atoms with Gasteiger partial charge in [0.15, 0.2) is 11.5 Å². The average molecular weight is 368 g/mol. The lowest BCUT2D eigenvalue weighted by Gasteiger charge is -2.27. The summed E-state index contributed by atoms with van der Waals surface area (Å²) < 4.78 is 21.3. The van der Waals surface area contributed by atoms with Crippen molar-refractivity contribution < 1.29 is 23.7 Å². The fourth-order valence-electron chi connectivity index (χ4n) is 2.79.